The van der Waals surface area contributed by atoms with E-state index in [1.54, 1.807) is 0 Å². The van der Waals surface area contributed by atoms with Crippen molar-refractivity contribution in [3.8, 4) is 0 Å². The predicted octanol–water partition coefficient (Wildman–Crippen LogP) is 1.92. The Balaban J connectivity index is 1.35. The van der Waals surface area contributed by atoms with Crippen molar-refractivity contribution in [2.75, 3.05) is 51.4 Å². The minimum atomic E-state index is 0.241. The number of aliphatic imine (C=N–C) groups is 1. The third-order valence-corrected chi connectivity index (χ3v) is 7.49. The molecule has 2 unspecified atom stereocenters. The highest BCUT2D eigenvalue weighted by atomic mass is 32.2. The van der Waals surface area contributed by atoms with Crippen molar-refractivity contribution in [1.82, 2.24) is 15.5 Å². The molecular weight excluding hydrogens is 356 g/mol. The van der Waals surface area contributed by atoms with Gasteiger partial charge < -0.3 is 15.4 Å². The number of morpholine rings is 1. The SMILES string of the molecule is CN=C(NCC1(N2CCOCC2)CCSC1)NC1CCc2ccccc2C1. The lowest BCUT2D eigenvalue weighted by Gasteiger charge is -2.43. The van der Waals surface area contributed by atoms with Crippen LogP contribution in [0.25, 0.3) is 0 Å². The summed E-state index contributed by atoms with van der Waals surface area (Å²) in [4.78, 5) is 7.17. The zero-order chi connectivity index (χ0) is 18.5. The van der Waals surface area contributed by atoms with Crippen molar-refractivity contribution in [1.29, 1.82) is 0 Å². The van der Waals surface area contributed by atoms with Crippen molar-refractivity contribution in [3.05, 3.63) is 35.4 Å². The number of guanidine groups is 1. The van der Waals surface area contributed by atoms with Crippen LogP contribution in [0, 0.1) is 0 Å². The first kappa shape index (κ1) is 19.1. The number of thioether (sulfide) groups is 1. The van der Waals surface area contributed by atoms with Crippen LogP contribution in [-0.4, -0.2) is 73.8 Å². The van der Waals surface area contributed by atoms with Crippen molar-refractivity contribution < 1.29 is 4.74 Å². The second kappa shape index (κ2) is 8.84. The van der Waals surface area contributed by atoms with E-state index in [1.807, 2.05) is 7.05 Å². The molecule has 2 aliphatic heterocycles. The monoisotopic (exact) mass is 388 g/mol. The highest BCUT2D eigenvalue weighted by molar-refractivity contribution is 7.99. The first-order valence-electron chi connectivity index (χ1n) is 10.2. The van der Waals surface area contributed by atoms with Crippen molar-refractivity contribution in [2.45, 2.75) is 37.3 Å². The molecule has 2 saturated heterocycles. The van der Waals surface area contributed by atoms with Gasteiger partial charge in [0.15, 0.2) is 5.96 Å². The highest BCUT2D eigenvalue weighted by Crippen LogP contribution is 2.33. The van der Waals surface area contributed by atoms with Gasteiger partial charge in [-0.3, -0.25) is 9.89 Å². The van der Waals surface area contributed by atoms with Gasteiger partial charge in [-0.15, -0.1) is 0 Å². The fourth-order valence-electron chi connectivity index (χ4n) is 4.59. The standard InChI is InChI=1S/C21H32N4OS/c1-22-20(24-19-7-6-17-4-2-3-5-18(17)14-19)23-15-21(8-13-27-16-21)25-9-11-26-12-10-25/h2-5,19H,6-16H2,1H3,(H2,22,23,24). The normalized spacial score (nSPS) is 29.4. The Morgan fingerprint density at radius 3 is 2.85 bits per heavy atom. The largest absolute Gasteiger partial charge is 0.379 e. The van der Waals surface area contributed by atoms with Crippen LogP contribution in [0.3, 0.4) is 0 Å². The van der Waals surface area contributed by atoms with E-state index in [0.717, 1.165) is 51.6 Å². The molecule has 1 aliphatic carbocycles. The molecule has 148 valence electrons. The van der Waals surface area contributed by atoms with Gasteiger partial charge >= 0.3 is 0 Å². The molecule has 0 aromatic heterocycles. The van der Waals surface area contributed by atoms with Crippen molar-refractivity contribution >= 4 is 17.7 Å². The van der Waals surface area contributed by atoms with Crippen LogP contribution >= 0.6 is 11.8 Å². The minimum Gasteiger partial charge on any atom is -0.379 e. The summed E-state index contributed by atoms with van der Waals surface area (Å²) >= 11 is 2.08. The summed E-state index contributed by atoms with van der Waals surface area (Å²) < 4.78 is 5.58. The van der Waals surface area contributed by atoms with E-state index >= 15 is 0 Å². The molecule has 0 saturated carbocycles. The summed E-state index contributed by atoms with van der Waals surface area (Å²) in [5, 5.41) is 7.34. The van der Waals surface area contributed by atoms with E-state index in [9.17, 15) is 0 Å². The van der Waals surface area contributed by atoms with Crippen LogP contribution in [0.2, 0.25) is 0 Å². The first-order chi connectivity index (χ1) is 13.3. The van der Waals surface area contributed by atoms with Crippen LogP contribution in [0.4, 0.5) is 0 Å². The quantitative estimate of drug-likeness (QED) is 0.610. The Morgan fingerprint density at radius 2 is 2.11 bits per heavy atom. The Hall–Kier alpha value is -1.24. The molecule has 1 aromatic carbocycles. The lowest BCUT2D eigenvalue weighted by Crippen LogP contribution is -2.60. The van der Waals surface area contributed by atoms with Gasteiger partial charge in [-0.1, -0.05) is 24.3 Å². The Labute approximate surface area is 167 Å². The summed E-state index contributed by atoms with van der Waals surface area (Å²) in [7, 11) is 1.89. The molecule has 27 heavy (non-hydrogen) atoms. The molecule has 1 aromatic rings. The molecule has 2 atom stereocenters. The summed E-state index contributed by atoms with van der Waals surface area (Å²) in [5.74, 6) is 3.40. The van der Waals surface area contributed by atoms with Gasteiger partial charge in [-0.25, -0.2) is 0 Å². The first-order valence-corrected chi connectivity index (χ1v) is 11.4. The van der Waals surface area contributed by atoms with E-state index < -0.39 is 0 Å². The number of hydrogen-bond donors (Lipinski definition) is 2. The van der Waals surface area contributed by atoms with Gasteiger partial charge in [-0.2, -0.15) is 11.8 Å². The third kappa shape index (κ3) is 4.44. The molecule has 2 heterocycles. The Morgan fingerprint density at radius 1 is 1.30 bits per heavy atom. The maximum atomic E-state index is 5.58. The molecule has 0 amide bonds. The van der Waals surface area contributed by atoms with Gasteiger partial charge in [0, 0.05) is 44.0 Å². The lowest BCUT2D eigenvalue weighted by atomic mass is 9.88. The molecule has 0 bridgehead atoms. The molecule has 5 nitrogen and oxygen atoms in total. The van der Waals surface area contributed by atoms with E-state index in [2.05, 4.69) is 56.6 Å². The highest BCUT2D eigenvalue weighted by Gasteiger charge is 2.40. The van der Waals surface area contributed by atoms with Crippen LogP contribution in [0.1, 0.15) is 24.0 Å². The van der Waals surface area contributed by atoms with Gasteiger partial charge in [0.2, 0.25) is 0 Å². The summed E-state index contributed by atoms with van der Waals surface area (Å²) in [6, 6.07) is 9.30. The van der Waals surface area contributed by atoms with Crippen LogP contribution < -0.4 is 10.6 Å². The number of fused-ring (bicyclic) bond motifs is 1. The Kier molecular flexibility index (Phi) is 6.25. The third-order valence-electron chi connectivity index (χ3n) is 6.26. The fourth-order valence-corrected chi connectivity index (χ4v) is 6.07. The molecule has 2 fully saturated rings. The zero-order valence-corrected chi connectivity index (χ0v) is 17.2. The number of hydrogen-bond acceptors (Lipinski definition) is 4. The lowest BCUT2D eigenvalue weighted by molar-refractivity contribution is -0.0120. The summed E-state index contributed by atoms with van der Waals surface area (Å²) in [6.07, 6.45) is 4.65. The van der Waals surface area contributed by atoms with E-state index in [4.69, 9.17) is 4.74 Å². The van der Waals surface area contributed by atoms with Gasteiger partial charge in [-0.05, 0) is 42.6 Å². The molecule has 2 N–H and O–H groups in total. The topological polar surface area (TPSA) is 48.9 Å². The van der Waals surface area contributed by atoms with E-state index in [0.29, 0.717) is 6.04 Å². The number of nitrogens with zero attached hydrogens (tertiary/aromatic N) is 2. The number of benzene rings is 1. The van der Waals surface area contributed by atoms with Gasteiger partial charge in [0.25, 0.3) is 0 Å². The van der Waals surface area contributed by atoms with E-state index in [-0.39, 0.29) is 5.54 Å². The van der Waals surface area contributed by atoms with Crippen molar-refractivity contribution in [2.24, 2.45) is 4.99 Å². The average molecular weight is 389 g/mol. The summed E-state index contributed by atoms with van der Waals surface area (Å²) in [6.45, 7) is 4.78. The van der Waals surface area contributed by atoms with Gasteiger partial charge in [0.1, 0.15) is 0 Å². The smallest absolute Gasteiger partial charge is 0.191 e. The number of rotatable bonds is 4. The summed E-state index contributed by atoms with van der Waals surface area (Å²) in [5.41, 5.74) is 3.23. The molecular formula is C21H32N4OS. The minimum absolute atomic E-state index is 0.241. The van der Waals surface area contributed by atoms with E-state index in [1.165, 1.54) is 35.5 Å². The van der Waals surface area contributed by atoms with Crippen LogP contribution in [-0.2, 0) is 17.6 Å². The maximum Gasteiger partial charge on any atom is 0.191 e. The Bertz CT molecular complexity index is 653. The number of aryl methyl sites for hydroxylation is 1. The zero-order valence-electron chi connectivity index (χ0n) is 16.4. The van der Waals surface area contributed by atoms with Crippen LogP contribution in [0.5, 0.6) is 0 Å². The average Bonchev–Trinajstić information content (AvgIpc) is 3.22. The van der Waals surface area contributed by atoms with Crippen LogP contribution in [0.15, 0.2) is 29.3 Å². The fraction of sp³-hybridized carbons (Fsp3) is 0.667. The molecule has 0 spiro atoms. The second-order valence-electron chi connectivity index (χ2n) is 7.90. The molecule has 6 heteroatoms. The van der Waals surface area contributed by atoms with Gasteiger partial charge in [0.05, 0.1) is 13.2 Å². The number of ether oxygens (including phenoxy) is 1. The molecule has 0 radical (unpaired) electrons. The molecule has 3 aliphatic rings. The number of nitrogens with one attached hydrogen (secondary N) is 2. The second-order valence-corrected chi connectivity index (χ2v) is 9.01. The van der Waals surface area contributed by atoms with Crippen molar-refractivity contribution in [3.63, 3.8) is 0 Å². The predicted molar refractivity (Wildman–Crippen MR) is 114 cm³/mol. The molecule has 4 rings (SSSR count). The maximum absolute atomic E-state index is 5.58.